The summed E-state index contributed by atoms with van der Waals surface area (Å²) in [4.78, 5) is 0. The van der Waals surface area contributed by atoms with E-state index in [-0.39, 0.29) is 5.60 Å². The second kappa shape index (κ2) is 4.73. The summed E-state index contributed by atoms with van der Waals surface area (Å²) in [7, 11) is 0. The minimum Gasteiger partial charge on any atom is -0.390 e. The van der Waals surface area contributed by atoms with Gasteiger partial charge in [-0.3, -0.25) is 0 Å². The first-order chi connectivity index (χ1) is 9.91. The van der Waals surface area contributed by atoms with Gasteiger partial charge in [0.2, 0.25) is 0 Å². The molecule has 1 nitrogen and oxygen atoms in total. The molecule has 1 N–H and O–H groups in total. The van der Waals surface area contributed by atoms with Gasteiger partial charge in [-0.05, 0) is 106 Å². The van der Waals surface area contributed by atoms with Gasteiger partial charge >= 0.3 is 0 Å². The van der Waals surface area contributed by atoms with Crippen molar-refractivity contribution in [2.45, 2.75) is 84.2 Å². The monoisotopic (exact) mass is 290 g/mol. The van der Waals surface area contributed by atoms with Gasteiger partial charge < -0.3 is 5.11 Å². The van der Waals surface area contributed by atoms with Crippen molar-refractivity contribution in [1.29, 1.82) is 0 Å². The van der Waals surface area contributed by atoms with E-state index >= 15 is 0 Å². The number of rotatable bonds is 0. The van der Waals surface area contributed by atoms with E-state index in [1.165, 1.54) is 44.9 Å². The van der Waals surface area contributed by atoms with Crippen molar-refractivity contribution in [2.75, 3.05) is 0 Å². The van der Waals surface area contributed by atoms with E-state index in [2.05, 4.69) is 20.8 Å². The van der Waals surface area contributed by atoms with E-state index in [9.17, 15) is 5.11 Å². The van der Waals surface area contributed by atoms with Gasteiger partial charge in [0.25, 0.3) is 0 Å². The van der Waals surface area contributed by atoms with Crippen LogP contribution in [0, 0.1) is 40.9 Å². The normalized spacial score (nSPS) is 60.0. The van der Waals surface area contributed by atoms with Gasteiger partial charge in [0, 0.05) is 0 Å². The van der Waals surface area contributed by atoms with Crippen LogP contribution in [0.4, 0.5) is 0 Å². The molecule has 8 atom stereocenters. The Balaban J connectivity index is 1.56. The van der Waals surface area contributed by atoms with E-state index in [4.69, 9.17) is 0 Å². The van der Waals surface area contributed by atoms with Crippen molar-refractivity contribution < 1.29 is 5.11 Å². The van der Waals surface area contributed by atoms with Gasteiger partial charge in [-0.2, -0.15) is 0 Å². The lowest BCUT2D eigenvalue weighted by Crippen LogP contribution is -2.50. The molecule has 0 aliphatic heterocycles. The summed E-state index contributed by atoms with van der Waals surface area (Å²) >= 11 is 0. The third-order valence-electron chi connectivity index (χ3n) is 8.71. The molecule has 0 aromatic heterocycles. The summed E-state index contributed by atoms with van der Waals surface area (Å²) in [6.07, 6.45) is 12.3. The first kappa shape index (κ1) is 14.5. The number of fused-ring (bicyclic) bond motifs is 5. The van der Waals surface area contributed by atoms with Gasteiger partial charge in [0.1, 0.15) is 0 Å². The molecule has 4 saturated carbocycles. The number of hydrogen-bond donors (Lipinski definition) is 1. The molecular weight excluding hydrogens is 256 g/mol. The Morgan fingerprint density at radius 1 is 0.810 bits per heavy atom. The second-order valence-electron chi connectivity index (χ2n) is 9.70. The topological polar surface area (TPSA) is 20.2 Å². The van der Waals surface area contributed by atoms with Crippen LogP contribution in [0.5, 0.6) is 0 Å². The van der Waals surface area contributed by atoms with Gasteiger partial charge in [-0.1, -0.05) is 13.8 Å². The summed E-state index contributed by atoms with van der Waals surface area (Å²) in [5, 5.41) is 10.4. The third-order valence-corrected chi connectivity index (χ3v) is 8.71. The van der Waals surface area contributed by atoms with Crippen LogP contribution in [0.15, 0.2) is 0 Å². The molecule has 8 unspecified atom stereocenters. The molecule has 0 aromatic rings. The highest BCUT2D eigenvalue weighted by Gasteiger charge is 2.56. The van der Waals surface area contributed by atoms with Crippen molar-refractivity contribution in [1.82, 2.24) is 0 Å². The minimum atomic E-state index is -0.362. The third kappa shape index (κ3) is 2.13. The number of hydrogen-bond acceptors (Lipinski definition) is 1. The molecule has 0 saturated heterocycles. The minimum absolute atomic E-state index is 0.362. The lowest BCUT2D eigenvalue weighted by molar-refractivity contribution is -0.0986. The largest absolute Gasteiger partial charge is 0.390 e. The molecule has 1 heteroatoms. The maximum Gasteiger partial charge on any atom is 0.0622 e. The Labute approximate surface area is 130 Å². The second-order valence-corrected chi connectivity index (χ2v) is 9.70. The van der Waals surface area contributed by atoms with Gasteiger partial charge in [-0.25, -0.2) is 0 Å². The predicted molar refractivity (Wildman–Crippen MR) is 86.9 cm³/mol. The molecule has 0 amide bonds. The Hall–Kier alpha value is -0.0400. The molecule has 0 radical (unpaired) electrons. The van der Waals surface area contributed by atoms with Gasteiger partial charge in [0.05, 0.1) is 5.60 Å². The van der Waals surface area contributed by atoms with Gasteiger partial charge in [-0.15, -0.1) is 0 Å². The molecule has 120 valence electrons. The number of aliphatic hydroxyl groups is 1. The van der Waals surface area contributed by atoms with Crippen LogP contribution < -0.4 is 0 Å². The standard InChI is InChI=1S/C20H34O/c1-13-4-7-18-17-6-5-14-12-19(2,21)10-8-15(14)16(17)9-11-20(13,18)3/h13-18,21H,4-12H2,1-3H3. The first-order valence-corrected chi connectivity index (χ1v) is 9.63. The van der Waals surface area contributed by atoms with Crippen molar-refractivity contribution in [2.24, 2.45) is 40.9 Å². The van der Waals surface area contributed by atoms with Crippen LogP contribution in [0.2, 0.25) is 0 Å². The highest BCUT2D eigenvalue weighted by molar-refractivity contribution is 5.05. The summed E-state index contributed by atoms with van der Waals surface area (Å²) in [6, 6.07) is 0. The Morgan fingerprint density at radius 3 is 2.38 bits per heavy atom. The molecule has 4 aliphatic rings. The summed E-state index contributed by atoms with van der Waals surface area (Å²) in [5.74, 6) is 5.78. The Kier molecular flexibility index (Phi) is 3.27. The zero-order valence-electron chi connectivity index (χ0n) is 14.3. The van der Waals surface area contributed by atoms with Crippen molar-refractivity contribution in [3.63, 3.8) is 0 Å². The van der Waals surface area contributed by atoms with E-state index in [1.54, 1.807) is 0 Å². The molecule has 0 bridgehead atoms. The molecule has 4 aliphatic carbocycles. The average molecular weight is 290 g/mol. The lowest BCUT2D eigenvalue weighted by Gasteiger charge is -2.56. The molecule has 0 aromatic carbocycles. The molecule has 4 rings (SSSR count). The van der Waals surface area contributed by atoms with Crippen LogP contribution in [0.25, 0.3) is 0 Å². The zero-order valence-corrected chi connectivity index (χ0v) is 14.3. The molecule has 21 heavy (non-hydrogen) atoms. The molecule has 0 spiro atoms. The Morgan fingerprint density at radius 2 is 1.57 bits per heavy atom. The highest BCUT2D eigenvalue weighted by Crippen LogP contribution is 2.64. The fourth-order valence-corrected chi connectivity index (χ4v) is 7.34. The van der Waals surface area contributed by atoms with Crippen LogP contribution in [-0.4, -0.2) is 10.7 Å². The summed E-state index contributed by atoms with van der Waals surface area (Å²) in [6.45, 7) is 7.21. The molecule has 4 fully saturated rings. The van der Waals surface area contributed by atoms with E-state index in [0.717, 1.165) is 48.3 Å². The maximum atomic E-state index is 10.4. The highest BCUT2D eigenvalue weighted by atomic mass is 16.3. The summed E-state index contributed by atoms with van der Waals surface area (Å²) < 4.78 is 0. The quantitative estimate of drug-likeness (QED) is 0.663. The average Bonchev–Trinajstić information content (AvgIpc) is 2.73. The van der Waals surface area contributed by atoms with E-state index in [0.29, 0.717) is 5.41 Å². The van der Waals surface area contributed by atoms with Crippen LogP contribution in [0.3, 0.4) is 0 Å². The van der Waals surface area contributed by atoms with Gasteiger partial charge in [0.15, 0.2) is 0 Å². The van der Waals surface area contributed by atoms with Crippen molar-refractivity contribution >= 4 is 0 Å². The fraction of sp³-hybridized carbons (Fsp3) is 1.00. The summed E-state index contributed by atoms with van der Waals surface area (Å²) in [5.41, 5.74) is 0.299. The molecule has 0 heterocycles. The van der Waals surface area contributed by atoms with Crippen LogP contribution >= 0.6 is 0 Å². The maximum absolute atomic E-state index is 10.4. The SMILES string of the molecule is CC1CCC2C3CCC4CC(C)(O)CCC4C3CCC12C. The fourth-order valence-electron chi connectivity index (χ4n) is 7.34. The predicted octanol–water partition coefficient (Wildman–Crippen LogP) is 5.03. The first-order valence-electron chi connectivity index (χ1n) is 9.63. The Bertz CT molecular complexity index is 414. The van der Waals surface area contributed by atoms with Crippen molar-refractivity contribution in [3.05, 3.63) is 0 Å². The van der Waals surface area contributed by atoms with Crippen molar-refractivity contribution in [3.8, 4) is 0 Å². The molecular formula is C20H34O. The van der Waals surface area contributed by atoms with Crippen LogP contribution in [-0.2, 0) is 0 Å². The zero-order chi connectivity index (χ0) is 14.8. The van der Waals surface area contributed by atoms with E-state index in [1.807, 2.05) is 0 Å². The van der Waals surface area contributed by atoms with E-state index < -0.39 is 0 Å². The smallest absolute Gasteiger partial charge is 0.0622 e. The lowest BCUT2D eigenvalue weighted by atomic mass is 9.49. The van der Waals surface area contributed by atoms with Crippen LogP contribution in [0.1, 0.15) is 78.6 Å².